The Morgan fingerprint density at radius 3 is 2.08 bits per heavy atom. The van der Waals surface area contributed by atoms with Gasteiger partial charge in [0.2, 0.25) is 11.8 Å². The lowest BCUT2D eigenvalue weighted by atomic mass is 9.93. The van der Waals surface area contributed by atoms with Crippen molar-refractivity contribution in [3.8, 4) is 5.75 Å². The van der Waals surface area contributed by atoms with E-state index in [0.29, 0.717) is 24.3 Å². The Kier molecular flexibility index (Phi) is 13.3. The van der Waals surface area contributed by atoms with E-state index in [9.17, 15) is 24.3 Å². The quantitative estimate of drug-likeness (QED) is 0.312. The lowest BCUT2D eigenvalue weighted by Crippen LogP contribution is -2.57. The molecule has 1 rings (SSSR count). The molecule has 0 aliphatic carbocycles. The van der Waals surface area contributed by atoms with Crippen LogP contribution in [0.5, 0.6) is 5.75 Å². The molecule has 3 amide bonds. The zero-order valence-electron chi connectivity index (χ0n) is 24.9. The SMILES string of the molecule is CCC(C)C(NC(=O)OC(C)(C)C)C(=O)N(C(C)CCC(C)C)C(C(=O)NCC(=O)OC)c1ccc(O)cc1. The van der Waals surface area contributed by atoms with Gasteiger partial charge in [0.1, 0.15) is 30.0 Å². The number of hydrogen-bond donors (Lipinski definition) is 3. The summed E-state index contributed by atoms with van der Waals surface area (Å²) in [5.41, 5.74) is -0.320. The molecule has 0 radical (unpaired) electrons. The Bertz CT molecular complexity index is 957. The number of nitrogens with zero attached hydrogens (tertiary/aromatic N) is 1. The highest BCUT2D eigenvalue weighted by atomic mass is 16.6. The van der Waals surface area contributed by atoms with Crippen LogP contribution in [0.25, 0.3) is 0 Å². The molecule has 0 heterocycles. The van der Waals surface area contributed by atoms with Crippen molar-refractivity contribution in [1.29, 1.82) is 0 Å². The molecule has 1 aromatic rings. The van der Waals surface area contributed by atoms with Crippen LogP contribution in [0.1, 0.15) is 86.3 Å². The zero-order chi connectivity index (χ0) is 29.9. The molecule has 0 fully saturated rings. The normalized spacial score (nSPS) is 14.5. The number of aromatic hydroxyl groups is 1. The number of benzene rings is 1. The van der Waals surface area contributed by atoms with Crippen molar-refractivity contribution in [3.05, 3.63) is 29.8 Å². The number of carbonyl (C=O) groups excluding carboxylic acids is 4. The van der Waals surface area contributed by atoms with Gasteiger partial charge in [-0.2, -0.15) is 0 Å². The van der Waals surface area contributed by atoms with Gasteiger partial charge in [-0.1, -0.05) is 46.2 Å². The van der Waals surface area contributed by atoms with Gasteiger partial charge >= 0.3 is 12.1 Å². The minimum absolute atomic E-state index is 0.00211. The summed E-state index contributed by atoms with van der Waals surface area (Å²) >= 11 is 0. The summed E-state index contributed by atoms with van der Waals surface area (Å²) in [5.74, 6) is -1.59. The summed E-state index contributed by atoms with van der Waals surface area (Å²) in [6.45, 7) is 14.6. The maximum Gasteiger partial charge on any atom is 0.408 e. The van der Waals surface area contributed by atoms with Crippen molar-refractivity contribution < 1.29 is 33.8 Å². The molecular formula is C29H47N3O7. The Balaban J connectivity index is 3.63. The predicted molar refractivity (Wildman–Crippen MR) is 149 cm³/mol. The number of alkyl carbamates (subject to hydrolysis) is 1. The van der Waals surface area contributed by atoms with Crippen molar-refractivity contribution in [2.75, 3.05) is 13.7 Å². The molecule has 0 saturated heterocycles. The lowest BCUT2D eigenvalue weighted by molar-refractivity contribution is -0.147. The molecule has 4 unspecified atom stereocenters. The van der Waals surface area contributed by atoms with Gasteiger partial charge in [-0.15, -0.1) is 0 Å². The summed E-state index contributed by atoms with van der Waals surface area (Å²) in [5, 5.41) is 15.2. The Morgan fingerprint density at radius 2 is 1.59 bits per heavy atom. The van der Waals surface area contributed by atoms with Gasteiger partial charge in [0.15, 0.2) is 0 Å². The Morgan fingerprint density at radius 1 is 1.00 bits per heavy atom. The monoisotopic (exact) mass is 549 g/mol. The van der Waals surface area contributed by atoms with Crippen LogP contribution in [0.3, 0.4) is 0 Å². The van der Waals surface area contributed by atoms with Crippen LogP contribution in [-0.4, -0.2) is 65.2 Å². The fraction of sp³-hybridized carbons (Fsp3) is 0.655. The zero-order valence-corrected chi connectivity index (χ0v) is 24.9. The third kappa shape index (κ3) is 11.1. The molecule has 0 aromatic heterocycles. The third-order valence-electron chi connectivity index (χ3n) is 6.41. The second-order valence-corrected chi connectivity index (χ2v) is 11.4. The van der Waals surface area contributed by atoms with E-state index in [1.807, 2.05) is 20.8 Å². The van der Waals surface area contributed by atoms with E-state index in [1.165, 1.54) is 24.1 Å². The smallest absolute Gasteiger partial charge is 0.408 e. The van der Waals surface area contributed by atoms with Crippen molar-refractivity contribution >= 4 is 23.9 Å². The second-order valence-electron chi connectivity index (χ2n) is 11.4. The molecular weight excluding hydrogens is 502 g/mol. The number of carbonyl (C=O) groups is 4. The largest absolute Gasteiger partial charge is 0.508 e. The Labute approximate surface area is 232 Å². The molecule has 0 bridgehead atoms. The average molecular weight is 550 g/mol. The number of nitrogens with one attached hydrogen (secondary N) is 2. The first-order chi connectivity index (χ1) is 18.1. The number of ether oxygens (including phenoxy) is 2. The van der Waals surface area contributed by atoms with Crippen LogP contribution >= 0.6 is 0 Å². The molecule has 3 N–H and O–H groups in total. The number of rotatable bonds is 13. The van der Waals surface area contributed by atoms with Gasteiger partial charge in [-0.25, -0.2) is 4.79 Å². The van der Waals surface area contributed by atoms with Crippen LogP contribution in [0.15, 0.2) is 24.3 Å². The number of phenols is 1. The number of methoxy groups -OCH3 is 1. The van der Waals surface area contributed by atoms with Crippen molar-refractivity contribution in [1.82, 2.24) is 15.5 Å². The van der Waals surface area contributed by atoms with Gasteiger partial charge in [0.05, 0.1) is 7.11 Å². The lowest BCUT2D eigenvalue weighted by Gasteiger charge is -2.40. The summed E-state index contributed by atoms with van der Waals surface area (Å²) < 4.78 is 10.1. The topological polar surface area (TPSA) is 134 Å². The first kappa shape index (κ1) is 33.7. The first-order valence-corrected chi connectivity index (χ1v) is 13.6. The van der Waals surface area contributed by atoms with Gasteiger partial charge in [-0.05, 0) is 70.1 Å². The summed E-state index contributed by atoms with van der Waals surface area (Å²) in [4.78, 5) is 54.0. The van der Waals surface area contributed by atoms with Crippen molar-refractivity contribution in [2.45, 2.75) is 98.4 Å². The van der Waals surface area contributed by atoms with Gasteiger partial charge < -0.3 is 30.1 Å². The second kappa shape index (κ2) is 15.3. The summed E-state index contributed by atoms with van der Waals surface area (Å²) in [6.07, 6.45) is 1.25. The van der Waals surface area contributed by atoms with E-state index < -0.39 is 47.6 Å². The molecule has 220 valence electrons. The van der Waals surface area contributed by atoms with Crippen LogP contribution < -0.4 is 10.6 Å². The van der Waals surface area contributed by atoms with Crippen molar-refractivity contribution in [3.63, 3.8) is 0 Å². The highest BCUT2D eigenvalue weighted by Gasteiger charge is 2.40. The molecule has 0 saturated carbocycles. The van der Waals surface area contributed by atoms with Crippen molar-refractivity contribution in [2.24, 2.45) is 11.8 Å². The van der Waals surface area contributed by atoms with E-state index in [2.05, 4.69) is 29.2 Å². The first-order valence-electron chi connectivity index (χ1n) is 13.6. The summed E-state index contributed by atoms with van der Waals surface area (Å²) in [7, 11) is 1.22. The molecule has 1 aromatic carbocycles. The average Bonchev–Trinajstić information content (AvgIpc) is 2.86. The standard InChI is InChI=1S/C29H47N3O7/c1-10-19(4)24(31-28(37)39-29(6,7)8)27(36)32(20(5)12-11-18(2)3)25(21-13-15-22(33)16-14-21)26(35)30-17-23(34)38-9/h13-16,18-20,24-25,33H,10-12,17H2,1-9H3,(H,30,35)(H,31,37). The van der Waals surface area contributed by atoms with E-state index in [4.69, 9.17) is 4.74 Å². The molecule has 10 nitrogen and oxygen atoms in total. The maximum atomic E-state index is 14.3. The van der Waals surface area contributed by atoms with Gasteiger partial charge in [-0.3, -0.25) is 14.4 Å². The third-order valence-corrected chi connectivity index (χ3v) is 6.41. The summed E-state index contributed by atoms with van der Waals surface area (Å²) in [6, 6.07) is 3.47. The molecule has 0 spiro atoms. The van der Waals surface area contributed by atoms with E-state index in [1.54, 1.807) is 32.9 Å². The highest BCUT2D eigenvalue weighted by Crippen LogP contribution is 2.30. The minimum Gasteiger partial charge on any atom is -0.508 e. The van der Waals surface area contributed by atoms with E-state index >= 15 is 0 Å². The van der Waals surface area contributed by atoms with Gasteiger partial charge in [0, 0.05) is 6.04 Å². The number of hydrogen-bond acceptors (Lipinski definition) is 7. The molecule has 0 aliphatic heterocycles. The molecule has 10 heteroatoms. The Hall–Kier alpha value is -3.30. The fourth-order valence-corrected chi connectivity index (χ4v) is 4.01. The van der Waals surface area contributed by atoms with Crippen LogP contribution in [0.2, 0.25) is 0 Å². The maximum absolute atomic E-state index is 14.3. The van der Waals surface area contributed by atoms with Crippen LogP contribution in [0, 0.1) is 11.8 Å². The predicted octanol–water partition coefficient (Wildman–Crippen LogP) is 4.32. The number of amides is 3. The fourth-order valence-electron chi connectivity index (χ4n) is 4.01. The number of esters is 1. The van der Waals surface area contributed by atoms with Crippen LogP contribution in [-0.2, 0) is 23.9 Å². The molecule has 0 aliphatic rings. The van der Waals surface area contributed by atoms with Gasteiger partial charge in [0.25, 0.3) is 0 Å². The van der Waals surface area contributed by atoms with E-state index in [-0.39, 0.29) is 18.2 Å². The number of phenolic OH excluding ortho intramolecular Hbond substituents is 1. The highest BCUT2D eigenvalue weighted by molar-refractivity contribution is 5.93. The van der Waals surface area contributed by atoms with E-state index in [0.717, 1.165) is 6.42 Å². The minimum atomic E-state index is -1.14. The van der Waals surface area contributed by atoms with Crippen LogP contribution in [0.4, 0.5) is 4.79 Å². The molecule has 4 atom stereocenters. The molecule has 39 heavy (non-hydrogen) atoms.